The number of nitrogens with zero attached hydrogens (tertiary/aromatic N) is 1. The van der Waals surface area contributed by atoms with E-state index in [1.165, 1.54) is 173 Å². The number of unbranched alkanes of at least 4 members (excludes halogenated alkanes) is 35. The second-order valence-electron chi connectivity index (χ2n) is 22.6. The highest BCUT2D eigenvalue weighted by Gasteiger charge is 2.27. The van der Waals surface area contributed by atoms with Crippen molar-refractivity contribution in [1.29, 1.82) is 0 Å². The second-order valence-corrected chi connectivity index (χ2v) is 24.0. The van der Waals surface area contributed by atoms with Crippen LogP contribution < -0.4 is 10.2 Å². The smallest absolute Gasteiger partial charge is 0.306 e. The summed E-state index contributed by atoms with van der Waals surface area (Å²) in [6.45, 7) is 6.71. The van der Waals surface area contributed by atoms with Gasteiger partial charge in [-0.2, -0.15) is 0 Å². The molecule has 0 aromatic heterocycles. The minimum absolute atomic E-state index is 0.0272. The van der Waals surface area contributed by atoms with Gasteiger partial charge < -0.3 is 28.5 Å². The third kappa shape index (κ3) is 56.2. The summed E-state index contributed by atoms with van der Waals surface area (Å²) in [4.78, 5) is 40.0. The predicted octanol–water partition coefficient (Wildman–Crippen LogP) is 18.8. The molecule has 0 saturated heterocycles. The summed E-state index contributed by atoms with van der Waals surface area (Å²) in [7, 11) is 1.17. The van der Waals surface area contributed by atoms with Crippen molar-refractivity contribution < 1.29 is 37.3 Å². The Morgan fingerprint density at radius 2 is 0.867 bits per heavy atom. The van der Waals surface area contributed by atoms with Crippen LogP contribution in [0.4, 0.5) is 0 Å². The Labute approximate surface area is 464 Å². The molecule has 0 aliphatic carbocycles. The summed E-state index contributed by atoms with van der Waals surface area (Å²) in [5.41, 5.74) is 0. The van der Waals surface area contributed by atoms with Gasteiger partial charge in [-0.25, -0.2) is 0 Å². The number of phosphoric acid groups is 1. The summed E-state index contributed by atoms with van der Waals surface area (Å²) in [6, 6.07) is -0.899. The molecule has 9 nitrogen and oxygen atoms in total. The van der Waals surface area contributed by atoms with Gasteiger partial charge in [0.05, 0.1) is 33.8 Å². The maximum atomic E-state index is 13.5. The van der Waals surface area contributed by atoms with Crippen LogP contribution in [0.15, 0.2) is 60.8 Å². The summed E-state index contributed by atoms with van der Waals surface area (Å²) in [5, 5.41) is 3.02. The number of hydrogen-bond donors (Lipinski definition) is 1. The quantitative estimate of drug-likeness (QED) is 0.0161. The molecule has 3 atom stereocenters. The number of nitrogens with one attached hydrogen (secondary N) is 1. The summed E-state index contributed by atoms with van der Waals surface area (Å²) in [6.07, 6.45) is 69.1. The number of carbonyl (C=O) groups excluding carboxylic acids is 2. The van der Waals surface area contributed by atoms with Gasteiger partial charge in [-0.05, 0) is 76.7 Å². The lowest BCUT2D eigenvalue weighted by Crippen LogP contribution is -2.47. The normalized spacial score (nSPS) is 14.1. The van der Waals surface area contributed by atoms with Crippen LogP contribution in [-0.2, 0) is 27.9 Å². The molecular formula is C65H121N2O7P. The number of allylic oxidation sites excluding steroid dienone is 9. The molecule has 0 spiro atoms. The molecule has 0 fully saturated rings. The van der Waals surface area contributed by atoms with Crippen molar-refractivity contribution in [2.45, 2.75) is 303 Å². The average Bonchev–Trinajstić information content (AvgIpc) is 3.37. The van der Waals surface area contributed by atoms with Gasteiger partial charge in [0, 0.05) is 12.8 Å². The Morgan fingerprint density at radius 3 is 1.31 bits per heavy atom. The minimum atomic E-state index is -4.70. The molecule has 1 amide bonds. The van der Waals surface area contributed by atoms with E-state index in [4.69, 9.17) is 13.8 Å². The SMILES string of the molecule is CC/C=C/C=C/C=C\CCCCCCCC(=O)NC(COP(=O)([O-])OCC[N+](C)(C)C)C(/C=C\CCCCCCCCCCCCC)OC(=O)CCCCCCCCCCCCCCC/C=C/CCCCCCCC. The molecule has 1 N–H and O–H groups in total. The van der Waals surface area contributed by atoms with Crippen LogP contribution in [-0.4, -0.2) is 69.4 Å². The Kier molecular flexibility index (Phi) is 53.4. The first kappa shape index (κ1) is 72.7. The number of phosphoric ester groups is 1. The molecule has 438 valence electrons. The van der Waals surface area contributed by atoms with Gasteiger partial charge in [-0.15, -0.1) is 0 Å². The molecule has 0 heterocycles. The predicted molar refractivity (Wildman–Crippen MR) is 321 cm³/mol. The van der Waals surface area contributed by atoms with Gasteiger partial charge in [0.25, 0.3) is 7.82 Å². The van der Waals surface area contributed by atoms with Gasteiger partial charge >= 0.3 is 5.97 Å². The van der Waals surface area contributed by atoms with Crippen LogP contribution in [0.25, 0.3) is 0 Å². The maximum absolute atomic E-state index is 13.5. The first-order valence-electron chi connectivity index (χ1n) is 31.6. The van der Waals surface area contributed by atoms with Gasteiger partial charge in [0.15, 0.2) is 0 Å². The third-order valence-electron chi connectivity index (χ3n) is 14.0. The van der Waals surface area contributed by atoms with Crippen molar-refractivity contribution in [2.24, 2.45) is 0 Å². The third-order valence-corrected chi connectivity index (χ3v) is 15.0. The largest absolute Gasteiger partial charge is 0.756 e. The number of esters is 1. The topological polar surface area (TPSA) is 114 Å². The van der Waals surface area contributed by atoms with Crippen LogP contribution in [0.1, 0.15) is 290 Å². The first-order valence-corrected chi connectivity index (χ1v) is 33.1. The van der Waals surface area contributed by atoms with Gasteiger partial charge in [0.2, 0.25) is 5.91 Å². The monoisotopic (exact) mass is 1070 g/mol. The van der Waals surface area contributed by atoms with E-state index in [1.54, 1.807) is 0 Å². The molecule has 0 radical (unpaired) electrons. The summed E-state index contributed by atoms with van der Waals surface area (Å²) < 4.78 is 30.3. The summed E-state index contributed by atoms with van der Waals surface area (Å²) in [5.74, 6) is -0.558. The van der Waals surface area contributed by atoms with Crippen molar-refractivity contribution in [3.8, 4) is 0 Å². The molecule has 75 heavy (non-hydrogen) atoms. The van der Waals surface area contributed by atoms with E-state index in [9.17, 15) is 19.0 Å². The molecule has 0 aromatic carbocycles. The fraction of sp³-hybridized carbons (Fsp3) is 0.815. The fourth-order valence-electron chi connectivity index (χ4n) is 9.11. The fourth-order valence-corrected chi connectivity index (χ4v) is 9.83. The average molecular weight is 1070 g/mol. The Hall–Kier alpha value is -2.29. The molecule has 0 aliphatic heterocycles. The first-order chi connectivity index (χ1) is 36.4. The van der Waals surface area contributed by atoms with Crippen LogP contribution in [0.2, 0.25) is 0 Å². The van der Waals surface area contributed by atoms with E-state index in [1.807, 2.05) is 33.3 Å². The van der Waals surface area contributed by atoms with E-state index in [2.05, 4.69) is 74.7 Å². The minimum Gasteiger partial charge on any atom is -0.756 e. The lowest BCUT2D eigenvalue weighted by molar-refractivity contribution is -0.870. The van der Waals surface area contributed by atoms with Crippen LogP contribution >= 0.6 is 7.82 Å². The maximum Gasteiger partial charge on any atom is 0.306 e. The van der Waals surface area contributed by atoms with E-state index in [0.717, 1.165) is 77.0 Å². The highest BCUT2D eigenvalue weighted by atomic mass is 31.2. The zero-order chi connectivity index (χ0) is 55.0. The van der Waals surface area contributed by atoms with Crippen LogP contribution in [0, 0.1) is 0 Å². The van der Waals surface area contributed by atoms with Gasteiger partial charge in [-0.3, -0.25) is 14.2 Å². The highest BCUT2D eigenvalue weighted by molar-refractivity contribution is 7.45. The van der Waals surface area contributed by atoms with Gasteiger partial charge in [-0.1, -0.05) is 262 Å². The van der Waals surface area contributed by atoms with Gasteiger partial charge in [0.1, 0.15) is 19.3 Å². The molecule has 0 aromatic rings. The van der Waals surface area contributed by atoms with E-state index < -0.39 is 26.6 Å². The molecule has 3 unspecified atom stereocenters. The van der Waals surface area contributed by atoms with Crippen molar-refractivity contribution in [2.75, 3.05) is 40.9 Å². The molecule has 0 saturated carbocycles. The molecule has 0 aliphatic rings. The number of rotatable bonds is 57. The molecular weight excluding hydrogens is 952 g/mol. The van der Waals surface area contributed by atoms with Crippen molar-refractivity contribution in [1.82, 2.24) is 5.32 Å². The van der Waals surface area contributed by atoms with E-state index in [-0.39, 0.29) is 24.9 Å². The number of carbonyl (C=O) groups is 2. The number of likely N-dealkylation sites (N-methyl/N-ethyl adjacent to an activating group) is 1. The molecule has 0 bridgehead atoms. The van der Waals surface area contributed by atoms with Crippen LogP contribution in [0.3, 0.4) is 0 Å². The zero-order valence-corrected chi connectivity index (χ0v) is 50.9. The number of ether oxygens (including phenoxy) is 1. The van der Waals surface area contributed by atoms with Crippen LogP contribution in [0.5, 0.6) is 0 Å². The number of amides is 1. The Morgan fingerprint density at radius 1 is 0.480 bits per heavy atom. The van der Waals surface area contributed by atoms with E-state index in [0.29, 0.717) is 23.9 Å². The molecule has 10 heteroatoms. The summed E-state index contributed by atoms with van der Waals surface area (Å²) >= 11 is 0. The van der Waals surface area contributed by atoms with Crippen molar-refractivity contribution in [3.63, 3.8) is 0 Å². The number of hydrogen-bond acceptors (Lipinski definition) is 7. The van der Waals surface area contributed by atoms with E-state index >= 15 is 0 Å². The molecule has 0 rings (SSSR count). The zero-order valence-electron chi connectivity index (χ0n) is 50.0. The van der Waals surface area contributed by atoms with Crippen molar-refractivity contribution in [3.05, 3.63) is 60.8 Å². The lowest BCUT2D eigenvalue weighted by atomic mass is 10.0. The highest BCUT2D eigenvalue weighted by Crippen LogP contribution is 2.38. The number of quaternary nitrogens is 1. The standard InChI is InChI=1S/C65H121N2O7P/c1-7-10-13-16-19-22-25-28-29-30-31-32-33-34-35-36-37-40-43-46-49-52-55-58-65(69)74-63(56-53-50-47-44-41-38-26-23-20-17-14-11-8-2)62(61-73-75(70,71)72-60-59-67(4,5)6)66-64(68)57-54-51-48-45-42-39-27-24-21-18-15-12-9-3/h12,15,18,21,24,27-29,53,56,62-63H,7-11,13-14,16-17,19-20,22-23,25-26,30-52,54-55,57-61H2,1-6H3,(H-,66,68,70,71)/b15-12+,21-18+,27-24-,29-28+,56-53-. The Balaban J connectivity index is 5.17. The second kappa shape index (κ2) is 55.0. The lowest BCUT2D eigenvalue weighted by Gasteiger charge is -2.30. The Bertz CT molecular complexity index is 1470. The van der Waals surface area contributed by atoms with Crippen molar-refractivity contribution >= 4 is 19.7 Å².